The Morgan fingerprint density at radius 3 is 3.09 bits per heavy atom. The fraction of sp³-hybridized carbons (Fsp3) is 0. The molecule has 0 bridgehead atoms. The summed E-state index contributed by atoms with van der Waals surface area (Å²) >= 11 is 3.28. The van der Waals surface area contributed by atoms with E-state index < -0.39 is 0 Å². The van der Waals surface area contributed by atoms with Gasteiger partial charge in [-0.15, -0.1) is 0 Å². The van der Waals surface area contributed by atoms with Crippen molar-refractivity contribution < 1.29 is 4.42 Å². The summed E-state index contributed by atoms with van der Waals surface area (Å²) in [5, 5.41) is 0.800. The summed E-state index contributed by atoms with van der Waals surface area (Å²) in [5.41, 5.74) is 0.160. The number of fused-ring (bicyclic) bond motifs is 1. The van der Waals surface area contributed by atoms with Crippen molar-refractivity contribution in [3.05, 3.63) is 33.4 Å². The quantitative estimate of drug-likeness (QED) is 0.727. The highest BCUT2D eigenvalue weighted by molar-refractivity contribution is 9.10. The highest BCUT2D eigenvalue weighted by Crippen LogP contribution is 2.20. The van der Waals surface area contributed by atoms with Crippen molar-refractivity contribution in [2.24, 2.45) is 0 Å². The average Bonchev–Trinajstić information content (AvgIpc) is 2.45. The van der Waals surface area contributed by atoms with Crippen LogP contribution >= 0.6 is 15.9 Å². The molecule has 0 aliphatic rings. The molecule has 0 unspecified atom stereocenters. The van der Waals surface area contributed by atoms with E-state index >= 15 is 0 Å². The summed E-state index contributed by atoms with van der Waals surface area (Å²) in [6.45, 7) is 0. The number of pyridine rings is 1. The van der Waals surface area contributed by atoms with Crippen LogP contribution in [0.25, 0.3) is 11.0 Å². The Balaban J connectivity index is 3.08. The molecule has 2 aromatic heterocycles. The first-order valence-corrected chi connectivity index (χ1v) is 3.83. The van der Waals surface area contributed by atoms with Gasteiger partial charge in [-0.05, 0) is 22.0 Å². The molecule has 2 rings (SSSR count). The van der Waals surface area contributed by atoms with Gasteiger partial charge in [0.2, 0.25) is 0 Å². The van der Waals surface area contributed by atoms with Crippen molar-refractivity contribution in [3.8, 4) is 0 Å². The molecule has 0 amide bonds. The van der Waals surface area contributed by atoms with Crippen LogP contribution in [0.15, 0.2) is 32.2 Å². The van der Waals surface area contributed by atoms with Gasteiger partial charge in [-0.2, -0.15) is 0 Å². The number of aromatic nitrogens is 1. The van der Waals surface area contributed by atoms with Gasteiger partial charge in [-0.1, -0.05) is 0 Å². The third kappa shape index (κ3) is 0.903. The molecule has 2 aromatic rings. The topological polar surface area (TPSA) is 46.0 Å². The lowest BCUT2D eigenvalue weighted by molar-refractivity contribution is 0.610. The molecule has 0 saturated carbocycles. The number of halogens is 1. The van der Waals surface area contributed by atoms with Gasteiger partial charge >= 0.3 is 0 Å². The van der Waals surface area contributed by atoms with E-state index in [4.69, 9.17) is 4.42 Å². The predicted molar refractivity (Wildman–Crippen MR) is 44.5 cm³/mol. The van der Waals surface area contributed by atoms with E-state index in [2.05, 4.69) is 20.9 Å². The highest BCUT2D eigenvalue weighted by atomic mass is 79.9. The lowest BCUT2D eigenvalue weighted by atomic mass is 10.3. The van der Waals surface area contributed by atoms with Crippen molar-refractivity contribution in [1.82, 2.24) is 4.98 Å². The van der Waals surface area contributed by atoms with Gasteiger partial charge < -0.3 is 9.40 Å². The van der Waals surface area contributed by atoms with E-state index in [1.807, 2.05) is 0 Å². The molecule has 0 aromatic carbocycles. The largest absolute Gasteiger partial charge is 0.458 e. The minimum absolute atomic E-state index is 0.201. The smallest absolute Gasteiger partial charge is 0.291 e. The van der Waals surface area contributed by atoms with E-state index in [9.17, 15) is 4.79 Å². The summed E-state index contributed by atoms with van der Waals surface area (Å²) in [4.78, 5) is 13.6. The highest BCUT2D eigenvalue weighted by Gasteiger charge is 2.03. The average molecular weight is 214 g/mol. The number of hydrogen-bond acceptors (Lipinski definition) is 2. The van der Waals surface area contributed by atoms with Crippen LogP contribution in [0.1, 0.15) is 0 Å². The van der Waals surface area contributed by atoms with Crippen LogP contribution in [0.2, 0.25) is 0 Å². The first-order valence-electron chi connectivity index (χ1n) is 3.03. The summed E-state index contributed by atoms with van der Waals surface area (Å²) < 4.78 is 5.79. The van der Waals surface area contributed by atoms with Gasteiger partial charge in [0.25, 0.3) is 5.56 Å². The fourth-order valence-corrected chi connectivity index (χ4v) is 1.37. The molecule has 0 aliphatic carbocycles. The second-order valence-electron chi connectivity index (χ2n) is 2.13. The Morgan fingerprint density at radius 1 is 1.55 bits per heavy atom. The first kappa shape index (κ1) is 6.67. The van der Waals surface area contributed by atoms with Crippen molar-refractivity contribution >= 4 is 26.9 Å². The molecule has 4 heteroatoms. The number of nitrogens with one attached hydrogen (secondary N) is 1. The summed E-state index contributed by atoms with van der Waals surface area (Å²) in [6, 6.07) is 1.74. The minimum atomic E-state index is -0.201. The number of aromatic amines is 1. The zero-order valence-electron chi connectivity index (χ0n) is 5.43. The fourth-order valence-electron chi connectivity index (χ4n) is 0.945. The summed E-state index contributed by atoms with van der Waals surface area (Å²) in [6.07, 6.45) is 3.09. The standard InChI is InChI=1S/C7H4BrNO2/c8-5-3-9-7(10)6-4(5)1-2-11-6/h1-3H,(H,9,10). The SMILES string of the molecule is O=c1[nH]cc(Br)c2ccoc12. The molecule has 0 saturated heterocycles. The van der Waals surface area contributed by atoms with Gasteiger partial charge in [-0.3, -0.25) is 4.79 Å². The third-order valence-electron chi connectivity index (χ3n) is 1.46. The number of H-pyrrole nitrogens is 1. The number of hydrogen-bond donors (Lipinski definition) is 1. The molecule has 0 fully saturated rings. The Hall–Kier alpha value is -1.03. The molecular formula is C7H4BrNO2. The normalized spacial score (nSPS) is 10.6. The first-order chi connectivity index (χ1) is 5.29. The van der Waals surface area contributed by atoms with Gasteiger partial charge in [-0.25, -0.2) is 0 Å². The van der Waals surface area contributed by atoms with Crippen molar-refractivity contribution in [2.45, 2.75) is 0 Å². The molecule has 56 valence electrons. The van der Waals surface area contributed by atoms with Crippen LogP contribution < -0.4 is 5.56 Å². The van der Waals surface area contributed by atoms with Gasteiger partial charge in [0, 0.05) is 16.1 Å². The molecule has 0 radical (unpaired) electrons. The van der Waals surface area contributed by atoms with Gasteiger partial charge in [0.05, 0.1) is 6.26 Å². The lowest BCUT2D eigenvalue weighted by Crippen LogP contribution is -2.02. The van der Waals surface area contributed by atoms with E-state index in [1.165, 1.54) is 6.26 Å². The summed E-state index contributed by atoms with van der Waals surface area (Å²) in [7, 11) is 0. The maximum Gasteiger partial charge on any atom is 0.291 e. The second-order valence-corrected chi connectivity index (χ2v) is 2.98. The molecule has 3 nitrogen and oxygen atoms in total. The number of furan rings is 1. The predicted octanol–water partition coefficient (Wildman–Crippen LogP) is 1.88. The molecule has 0 atom stereocenters. The second kappa shape index (κ2) is 2.23. The van der Waals surface area contributed by atoms with E-state index in [-0.39, 0.29) is 5.56 Å². The molecule has 2 heterocycles. The maximum absolute atomic E-state index is 11.0. The van der Waals surface area contributed by atoms with Gasteiger partial charge in [0.1, 0.15) is 0 Å². The lowest BCUT2D eigenvalue weighted by Gasteiger charge is -1.89. The molecule has 0 spiro atoms. The minimum Gasteiger partial charge on any atom is -0.458 e. The molecular weight excluding hydrogens is 210 g/mol. The monoisotopic (exact) mass is 213 g/mol. The van der Waals surface area contributed by atoms with Crippen LogP contribution in [0.5, 0.6) is 0 Å². The van der Waals surface area contributed by atoms with Gasteiger partial charge in [0.15, 0.2) is 5.58 Å². The Bertz CT molecular complexity index is 443. The van der Waals surface area contributed by atoms with Crippen LogP contribution in [0.3, 0.4) is 0 Å². The number of rotatable bonds is 0. The van der Waals surface area contributed by atoms with Crippen molar-refractivity contribution in [2.75, 3.05) is 0 Å². The molecule has 0 aliphatic heterocycles. The van der Waals surface area contributed by atoms with Crippen LogP contribution in [0, 0.1) is 0 Å². The summed E-state index contributed by atoms with van der Waals surface area (Å²) in [5.74, 6) is 0. The van der Waals surface area contributed by atoms with E-state index in [0.29, 0.717) is 5.58 Å². The van der Waals surface area contributed by atoms with Crippen LogP contribution in [-0.2, 0) is 0 Å². The van der Waals surface area contributed by atoms with Crippen molar-refractivity contribution in [3.63, 3.8) is 0 Å². The van der Waals surface area contributed by atoms with Crippen molar-refractivity contribution in [1.29, 1.82) is 0 Å². The Labute approximate surface area is 70.2 Å². The zero-order valence-corrected chi connectivity index (χ0v) is 7.01. The van der Waals surface area contributed by atoms with E-state index in [1.54, 1.807) is 12.3 Å². The Kier molecular flexibility index (Phi) is 1.35. The van der Waals surface area contributed by atoms with Crippen LogP contribution in [-0.4, -0.2) is 4.98 Å². The molecule has 1 N–H and O–H groups in total. The maximum atomic E-state index is 11.0. The Morgan fingerprint density at radius 2 is 2.36 bits per heavy atom. The third-order valence-corrected chi connectivity index (χ3v) is 2.11. The zero-order chi connectivity index (χ0) is 7.84. The van der Waals surface area contributed by atoms with E-state index in [0.717, 1.165) is 9.86 Å². The van der Waals surface area contributed by atoms with Crippen LogP contribution in [0.4, 0.5) is 0 Å². The molecule has 11 heavy (non-hydrogen) atoms.